The molecule has 0 fully saturated rings. The molecule has 1 N–H and O–H groups in total. The molecular formula is C19H22N4O2S. The molecule has 0 aliphatic heterocycles. The number of hydrogen-bond donors (Lipinski definition) is 1. The summed E-state index contributed by atoms with van der Waals surface area (Å²) >= 11 is 1.40. The van der Waals surface area contributed by atoms with Gasteiger partial charge in [-0.1, -0.05) is 55.9 Å². The monoisotopic (exact) mass is 370 g/mol. The number of carbonyl (C=O) groups is 1. The number of anilines is 1. The summed E-state index contributed by atoms with van der Waals surface area (Å²) in [6.45, 7) is 4.52. The smallest absolute Gasteiger partial charge is 0.306 e. The number of hydrogen-bond acceptors (Lipinski definition) is 7. The highest BCUT2D eigenvalue weighted by Gasteiger charge is 2.15. The van der Waals surface area contributed by atoms with Gasteiger partial charge in [-0.25, -0.2) is 9.97 Å². The molecule has 0 bridgehead atoms. The predicted octanol–water partition coefficient (Wildman–Crippen LogP) is 3.74. The Morgan fingerprint density at radius 1 is 1.31 bits per heavy atom. The maximum atomic E-state index is 11.6. The summed E-state index contributed by atoms with van der Waals surface area (Å²) in [5.41, 5.74) is 1.82. The van der Waals surface area contributed by atoms with Crippen molar-refractivity contribution in [3.05, 3.63) is 35.9 Å². The third-order valence-corrected chi connectivity index (χ3v) is 4.01. The Morgan fingerprint density at radius 3 is 2.65 bits per heavy atom. The summed E-state index contributed by atoms with van der Waals surface area (Å²) in [5, 5.41) is 13.3. The van der Waals surface area contributed by atoms with Gasteiger partial charge in [0.2, 0.25) is 0 Å². The van der Waals surface area contributed by atoms with Crippen LogP contribution in [0.3, 0.4) is 0 Å². The minimum atomic E-state index is -0.222. The molecule has 0 spiro atoms. The Hall–Kier alpha value is -2.59. The van der Waals surface area contributed by atoms with Crippen molar-refractivity contribution in [2.75, 3.05) is 24.7 Å². The van der Waals surface area contributed by atoms with E-state index in [0.29, 0.717) is 35.2 Å². The van der Waals surface area contributed by atoms with Crippen molar-refractivity contribution >= 4 is 23.5 Å². The second kappa shape index (κ2) is 9.78. The van der Waals surface area contributed by atoms with Gasteiger partial charge in [0, 0.05) is 12.0 Å². The molecule has 0 radical (unpaired) electrons. The van der Waals surface area contributed by atoms with Crippen LogP contribution >= 0.6 is 11.8 Å². The maximum Gasteiger partial charge on any atom is 0.306 e. The molecule has 136 valence electrons. The van der Waals surface area contributed by atoms with Gasteiger partial charge < -0.3 is 10.1 Å². The molecule has 0 unspecified atom stereocenters. The second-order valence-corrected chi connectivity index (χ2v) is 6.78. The predicted molar refractivity (Wildman–Crippen MR) is 103 cm³/mol. The highest BCUT2D eigenvalue weighted by atomic mass is 32.2. The number of nitrogens with zero attached hydrogens (tertiary/aromatic N) is 3. The van der Waals surface area contributed by atoms with E-state index in [1.807, 2.05) is 50.4 Å². The maximum absolute atomic E-state index is 11.6. The van der Waals surface area contributed by atoms with Crippen LogP contribution < -0.4 is 5.32 Å². The zero-order valence-electron chi connectivity index (χ0n) is 15.2. The lowest BCUT2D eigenvalue weighted by atomic mass is 10.1. The van der Waals surface area contributed by atoms with E-state index in [2.05, 4.69) is 21.4 Å². The largest absolute Gasteiger partial charge is 0.464 e. The van der Waals surface area contributed by atoms with Crippen molar-refractivity contribution < 1.29 is 9.53 Å². The van der Waals surface area contributed by atoms with Crippen molar-refractivity contribution in [3.63, 3.8) is 0 Å². The number of benzene rings is 1. The lowest BCUT2D eigenvalue weighted by Gasteiger charge is -2.12. The van der Waals surface area contributed by atoms with Crippen molar-refractivity contribution in [2.24, 2.45) is 5.92 Å². The normalized spacial score (nSPS) is 10.4. The molecule has 2 rings (SSSR count). The number of aromatic nitrogens is 2. The Kier molecular flexibility index (Phi) is 7.42. The number of nitriles is 1. The average Bonchev–Trinajstić information content (AvgIpc) is 2.64. The van der Waals surface area contributed by atoms with E-state index >= 15 is 0 Å². The van der Waals surface area contributed by atoms with Crippen molar-refractivity contribution in [3.8, 4) is 17.3 Å². The number of carbonyl (C=O) groups excluding carboxylic acids is 1. The first kappa shape index (κ1) is 19.7. The molecule has 0 amide bonds. The quantitative estimate of drug-likeness (QED) is 0.328. The minimum Gasteiger partial charge on any atom is -0.464 e. The summed E-state index contributed by atoms with van der Waals surface area (Å²) in [4.78, 5) is 20.5. The SMILES string of the molecule is CSc1nc(NCCOC(=O)CC(C)C)c(C#N)c(-c2ccccc2)n1. The standard InChI is InChI=1S/C19H22N4O2S/c1-13(2)11-16(24)25-10-9-21-18-15(12-20)17(22-19(23-18)26-3)14-7-5-4-6-8-14/h4-8,13H,9-11H2,1-3H3,(H,21,22,23). The van der Waals surface area contributed by atoms with E-state index in [9.17, 15) is 10.1 Å². The molecule has 7 heteroatoms. The molecule has 0 saturated heterocycles. The lowest BCUT2D eigenvalue weighted by molar-refractivity contribution is -0.144. The zero-order valence-corrected chi connectivity index (χ0v) is 16.0. The summed E-state index contributed by atoms with van der Waals surface area (Å²) in [5.74, 6) is 0.491. The first-order valence-corrected chi connectivity index (χ1v) is 9.58. The van der Waals surface area contributed by atoms with Gasteiger partial charge in [-0.05, 0) is 12.2 Å². The van der Waals surface area contributed by atoms with Crippen LogP contribution in [0, 0.1) is 17.2 Å². The van der Waals surface area contributed by atoms with Gasteiger partial charge in [-0.2, -0.15) is 5.26 Å². The number of rotatable bonds is 8. The number of esters is 1. The number of thioether (sulfide) groups is 1. The van der Waals surface area contributed by atoms with Gasteiger partial charge in [-0.15, -0.1) is 0 Å². The van der Waals surface area contributed by atoms with E-state index in [0.717, 1.165) is 5.56 Å². The van der Waals surface area contributed by atoms with Crippen LogP contribution in [0.15, 0.2) is 35.5 Å². The van der Waals surface area contributed by atoms with E-state index in [4.69, 9.17) is 4.74 Å². The van der Waals surface area contributed by atoms with Crippen LogP contribution in [-0.2, 0) is 9.53 Å². The summed E-state index contributed by atoms with van der Waals surface area (Å²) in [6.07, 6.45) is 2.28. The molecule has 0 aliphatic rings. The molecule has 1 aromatic carbocycles. The Morgan fingerprint density at radius 2 is 2.04 bits per heavy atom. The summed E-state index contributed by atoms with van der Waals surface area (Å²) in [6, 6.07) is 11.7. The van der Waals surface area contributed by atoms with E-state index in [1.54, 1.807) is 0 Å². The first-order chi connectivity index (χ1) is 12.5. The third-order valence-electron chi connectivity index (χ3n) is 3.46. The van der Waals surface area contributed by atoms with E-state index in [-0.39, 0.29) is 18.5 Å². The van der Waals surface area contributed by atoms with Crippen LogP contribution in [0.4, 0.5) is 5.82 Å². The Labute approximate surface area is 158 Å². The molecule has 0 saturated carbocycles. The van der Waals surface area contributed by atoms with Gasteiger partial charge in [0.1, 0.15) is 24.1 Å². The van der Waals surface area contributed by atoms with Crippen LogP contribution in [0.2, 0.25) is 0 Å². The average molecular weight is 370 g/mol. The second-order valence-electron chi connectivity index (χ2n) is 6.01. The summed E-state index contributed by atoms with van der Waals surface area (Å²) < 4.78 is 5.19. The van der Waals surface area contributed by atoms with Crippen molar-refractivity contribution in [2.45, 2.75) is 25.4 Å². The van der Waals surface area contributed by atoms with Crippen LogP contribution in [0.1, 0.15) is 25.8 Å². The fourth-order valence-electron chi connectivity index (χ4n) is 2.30. The van der Waals surface area contributed by atoms with Crippen molar-refractivity contribution in [1.29, 1.82) is 5.26 Å². The summed E-state index contributed by atoms with van der Waals surface area (Å²) in [7, 11) is 0. The molecule has 6 nitrogen and oxygen atoms in total. The third kappa shape index (κ3) is 5.46. The molecule has 0 atom stereocenters. The highest BCUT2D eigenvalue weighted by molar-refractivity contribution is 7.98. The molecule has 26 heavy (non-hydrogen) atoms. The van der Waals surface area contributed by atoms with Crippen LogP contribution in [0.5, 0.6) is 0 Å². The van der Waals surface area contributed by atoms with Gasteiger partial charge in [0.25, 0.3) is 0 Å². The van der Waals surface area contributed by atoms with Gasteiger partial charge in [-0.3, -0.25) is 4.79 Å². The van der Waals surface area contributed by atoms with Gasteiger partial charge in [0.05, 0.1) is 12.2 Å². The topological polar surface area (TPSA) is 87.9 Å². The van der Waals surface area contributed by atoms with Gasteiger partial charge >= 0.3 is 5.97 Å². The highest BCUT2D eigenvalue weighted by Crippen LogP contribution is 2.28. The van der Waals surface area contributed by atoms with E-state index < -0.39 is 0 Å². The minimum absolute atomic E-state index is 0.218. The Balaban J connectivity index is 2.15. The van der Waals surface area contributed by atoms with E-state index in [1.165, 1.54) is 11.8 Å². The zero-order chi connectivity index (χ0) is 18.9. The van der Waals surface area contributed by atoms with Crippen molar-refractivity contribution in [1.82, 2.24) is 9.97 Å². The Bertz CT molecular complexity index is 788. The van der Waals surface area contributed by atoms with Crippen LogP contribution in [0.25, 0.3) is 11.3 Å². The fourth-order valence-corrected chi connectivity index (χ4v) is 2.66. The molecule has 2 aromatic rings. The first-order valence-electron chi connectivity index (χ1n) is 8.36. The molecule has 0 aliphatic carbocycles. The molecular weight excluding hydrogens is 348 g/mol. The van der Waals surface area contributed by atoms with Crippen LogP contribution in [-0.4, -0.2) is 35.3 Å². The van der Waals surface area contributed by atoms with Gasteiger partial charge in [0.15, 0.2) is 5.16 Å². The number of ether oxygens (including phenoxy) is 1. The molecule has 1 aromatic heterocycles. The molecule has 1 heterocycles. The number of nitrogens with one attached hydrogen (secondary N) is 1. The fraction of sp³-hybridized carbons (Fsp3) is 0.368. The lowest BCUT2D eigenvalue weighted by Crippen LogP contribution is -2.16.